The summed E-state index contributed by atoms with van der Waals surface area (Å²) in [5.74, 6) is 0.280. The number of nitrogens with zero attached hydrogens (tertiary/aromatic N) is 4. The van der Waals surface area contributed by atoms with Crippen molar-refractivity contribution in [3.63, 3.8) is 0 Å². The Morgan fingerprint density at radius 2 is 1.85 bits per heavy atom. The molecule has 0 radical (unpaired) electrons. The number of nitro groups is 1. The van der Waals surface area contributed by atoms with Crippen molar-refractivity contribution in [2.24, 2.45) is 0 Å². The number of aromatic nitrogens is 2. The van der Waals surface area contributed by atoms with Crippen LogP contribution in [0.5, 0.6) is 0 Å². The van der Waals surface area contributed by atoms with Crippen molar-refractivity contribution in [2.45, 2.75) is 70.8 Å². The molecule has 0 fully saturated rings. The molecule has 1 aliphatic rings. The van der Waals surface area contributed by atoms with Crippen LogP contribution in [0.25, 0.3) is 0 Å². The highest BCUT2D eigenvalue weighted by Gasteiger charge is 2.23. The van der Waals surface area contributed by atoms with E-state index in [-0.39, 0.29) is 5.82 Å². The lowest BCUT2D eigenvalue weighted by Crippen LogP contribution is -2.23. The minimum absolute atomic E-state index is 0.280. The zero-order valence-electron chi connectivity index (χ0n) is 27.0. The monoisotopic (exact) mass is 655 g/mol. The fourth-order valence-electron chi connectivity index (χ4n) is 5.73. The highest BCUT2D eigenvalue weighted by Crippen LogP contribution is 2.38. The first-order valence-corrected chi connectivity index (χ1v) is 17.5. The number of rotatable bonds is 19. The number of pyridine rings is 1. The van der Waals surface area contributed by atoms with Crippen molar-refractivity contribution < 1.29 is 10.0 Å². The van der Waals surface area contributed by atoms with E-state index in [0.29, 0.717) is 13.1 Å². The van der Waals surface area contributed by atoms with E-state index in [4.69, 9.17) is 4.98 Å². The van der Waals surface area contributed by atoms with E-state index in [1.54, 1.807) is 23.7 Å². The quantitative estimate of drug-likeness (QED) is 0.0459. The molecule has 0 amide bonds. The predicted molar refractivity (Wildman–Crippen MR) is 191 cm³/mol. The fourth-order valence-corrected chi connectivity index (χ4v) is 6.63. The van der Waals surface area contributed by atoms with Crippen molar-refractivity contribution in [2.75, 3.05) is 35.2 Å². The number of anilines is 4. The molecule has 248 valence electrons. The molecule has 0 saturated heterocycles. The largest absolute Gasteiger partial charge is 0.387 e. The summed E-state index contributed by atoms with van der Waals surface area (Å²) in [6.45, 7) is 4.26. The van der Waals surface area contributed by atoms with Gasteiger partial charge in [0.1, 0.15) is 0 Å². The molecule has 0 unspecified atom stereocenters. The van der Waals surface area contributed by atoms with E-state index in [2.05, 4.69) is 50.3 Å². The van der Waals surface area contributed by atoms with Crippen molar-refractivity contribution >= 4 is 33.5 Å². The van der Waals surface area contributed by atoms with Crippen molar-refractivity contribution in [1.82, 2.24) is 15.3 Å². The Balaban J connectivity index is 1.12. The Kier molecular flexibility index (Phi) is 12.7. The highest BCUT2D eigenvalue weighted by atomic mass is 32.1. The minimum atomic E-state index is -0.607. The number of aliphatic hydroxyl groups excluding tert-OH is 1. The molecule has 4 N–H and O–H groups in total. The molecule has 5 rings (SSSR count). The molecular formula is C36H45N7O3S. The first-order valence-electron chi connectivity index (χ1n) is 16.6. The van der Waals surface area contributed by atoms with Gasteiger partial charge in [0.05, 0.1) is 16.7 Å². The Morgan fingerprint density at radius 3 is 2.64 bits per heavy atom. The van der Waals surface area contributed by atoms with Crippen LogP contribution < -0.4 is 20.9 Å². The first kappa shape index (κ1) is 34.0. The molecule has 0 aliphatic carbocycles. The van der Waals surface area contributed by atoms with Crippen molar-refractivity contribution in [3.8, 4) is 0 Å². The zero-order chi connectivity index (χ0) is 32.8. The zero-order valence-corrected chi connectivity index (χ0v) is 27.8. The average Bonchev–Trinajstić information content (AvgIpc) is 3.72. The summed E-state index contributed by atoms with van der Waals surface area (Å²) < 4.78 is 0. The molecule has 0 bridgehead atoms. The Hall–Kier alpha value is -4.32. The Bertz CT molecular complexity index is 1590. The van der Waals surface area contributed by atoms with E-state index in [0.717, 1.165) is 65.3 Å². The number of thiazole rings is 1. The maximum atomic E-state index is 11.5. The standard InChI is InChI=1S/C36H45N7O3S/c1-2-3-4-5-6-7-10-32-26-47-36(41-32)42-21-18-28-22-31(15-16-33(28)42)40-35(25-43(45)46)39-30-13-11-27(12-14-30)17-20-38-24-34(44)29-9-8-19-37-23-29/h8-9,11-16,19,22-23,25-26,34,38-40,44H,2-7,10,17-18,20-21,24H2,1H3/b35-25-/t34-/m0/s1. The van der Waals surface area contributed by atoms with Gasteiger partial charge < -0.3 is 26.0 Å². The number of aryl methyl sites for hydroxylation is 1. The third-order valence-corrected chi connectivity index (χ3v) is 9.19. The molecule has 1 atom stereocenters. The third-order valence-electron chi connectivity index (χ3n) is 8.28. The first-order chi connectivity index (χ1) is 23.0. The van der Waals surface area contributed by atoms with Crippen LogP contribution in [0.3, 0.4) is 0 Å². The molecule has 47 heavy (non-hydrogen) atoms. The van der Waals surface area contributed by atoms with E-state index in [9.17, 15) is 15.2 Å². The minimum Gasteiger partial charge on any atom is -0.387 e. The summed E-state index contributed by atoms with van der Waals surface area (Å²) in [6.07, 6.45) is 14.1. The molecule has 11 heteroatoms. The molecular weight excluding hydrogens is 611 g/mol. The second-order valence-electron chi connectivity index (χ2n) is 11.9. The number of aliphatic hydroxyl groups is 1. The van der Waals surface area contributed by atoms with Crippen molar-refractivity contribution in [3.05, 3.63) is 117 Å². The van der Waals surface area contributed by atoms with E-state index in [1.165, 1.54) is 49.8 Å². The molecule has 0 saturated carbocycles. The van der Waals surface area contributed by atoms with Crippen LogP contribution in [0, 0.1) is 10.1 Å². The van der Waals surface area contributed by atoms with Gasteiger partial charge in [0, 0.05) is 53.5 Å². The summed E-state index contributed by atoms with van der Waals surface area (Å²) in [5.41, 5.74) is 6.92. The predicted octanol–water partition coefficient (Wildman–Crippen LogP) is 7.60. The van der Waals surface area contributed by atoms with Gasteiger partial charge in [0.2, 0.25) is 0 Å². The molecule has 4 aromatic rings. The maximum absolute atomic E-state index is 11.5. The van der Waals surface area contributed by atoms with Gasteiger partial charge in [-0.2, -0.15) is 0 Å². The smallest absolute Gasteiger partial charge is 0.274 e. The summed E-state index contributed by atoms with van der Waals surface area (Å²) in [4.78, 5) is 22.3. The van der Waals surface area contributed by atoms with Crippen LogP contribution in [-0.2, 0) is 19.3 Å². The van der Waals surface area contributed by atoms with E-state index in [1.807, 2.05) is 42.5 Å². The van der Waals surface area contributed by atoms with Gasteiger partial charge in [-0.15, -0.1) is 11.3 Å². The van der Waals surface area contributed by atoms with Crippen molar-refractivity contribution in [1.29, 1.82) is 0 Å². The van der Waals surface area contributed by atoms with Gasteiger partial charge in [-0.1, -0.05) is 57.2 Å². The average molecular weight is 656 g/mol. The second kappa shape index (κ2) is 17.6. The second-order valence-corrected chi connectivity index (χ2v) is 12.8. The van der Waals surface area contributed by atoms with Crippen LogP contribution in [0.4, 0.5) is 22.2 Å². The van der Waals surface area contributed by atoms with Crippen LogP contribution in [0.2, 0.25) is 0 Å². The van der Waals surface area contributed by atoms with Crippen LogP contribution in [-0.4, -0.2) is 39.6 Å². The number of hydrogen-bond acceptors (Lipinski definition) is 10. The van der Waals surface area contributed by atoms with Gasteiger partial charge >= 0.3 is 0 Å². The molecule has 3 heterocycles. The number of hydrogen-bond donors (Lipinski definition) is 4. The van der Waals surface area contributed by atoms with Crippen LogP contribution in [0.1, 0.15) is 73.9 Å². The van der Waals surface area contributed by atoms with Gasteiger partial charge in [0.15, 0.2) is 11.0 Å². The molecule has 1 aliphatic heterocycles. The summed E-state index contributed by atoms with van der Waals surface area (Å²) >= 11 is 1.70. The molecule has 2 aromatic carbocycles. The lowest BCUT2D eigenvalue weighted by molar-refractivity contribution is -0.403. The summed E-state index contributed by atoms with van der Waals surface area (Å²) in [7, 11) is 0. The Labute approximate surface area is 281 Å². The lowest BCUT2D eigenvalue weighted by Gasteiger charge is -2.17. The molecule has 0 spiro atoms. The highest BCUT2D eigenvalue weighted by molar-refractivity contribution is 7.13. The Morgan fingerprint density at radius 1 is 1.06 bits per heavy atom. The maximum Gasteiger partial charge on any atom is 0.274 e. The SMILES string of the molecule is CCCCCCCCc1csc(N2CCc3cc(N/C(=C\[N+](=O)[O-])Nc4ccc(CCNC[C@H](O)c5cccnc5)cc4)ccc32)n1. The number of nitrogens with one attached hydrogen (secondary N) is 3. The summed E-state index contributed by atoms with van der Waals surface area (Å²) in [5, 5.41) is 34.6. The van der Waals surface area contributed by atoms with Crippen LogP contribution in [0.15, 0.2) is 84.4 Å². The number of benzene rings is 2. The fraction of sp³-hybridized carbons (Fsp3) is 0.389. The number of unbranched alkanes of at least 4 members (excludes halogenated alkanes) is 5. The normalized spacial score (nSPS) is 13.4. The molecule has 10 nitrogen and oxygen atoms in total. The van der Waals surface area contributed by atoms with E-state index >= 15 is 0 Å². The topological polar surface area (TPSA) is 128 Å². The lowest BCUT2D eigenvalue weighted by atomic mass is 10.1. The number of fused-ring (bicyclic) bond motifs is 1. The van der Waals surface area contributed by atoms with Gasteiger partial charge in [-0.3, -0.25) is 15.1 Å². The van der Waals surface area contributed by atoms with Gasteiger partial charge in [-0.25, -0.2) is 4.98 Å². The van der Waals surface area contributed by atoms with Gasteiger partial charge in [0.25, 0.3) is 6.20 Å². The van der Waals surface area contributed by atoms with Crippen LogP contribution >= 0.6 is 11.3 Å². The molecule has 2 aromatic heterocycles. The van der Waals surface area contributed by atoms with Gasteiger partial charge in [-0.05, 0) is 79.8 Å². The third kappa shape index (κ3) is 10.3. The van der Waals surface area contributed by atoms with E-state index < -0.39 is 11.0 Å². The summed E-state index contributed by atoms with van der Waals surface area (Å²) in [6, 6.07) is 17.6.